The van der Waals surface area contributed by atoms with E-state index in [9.17, 15) is 18.0 Å². The standard InChI is InChI=1S/C17H14ClF3N4O2S/c1-9-10(2)28-16(22-9)23-14(26)8-27-15-7-13(17(19,20)21)24-25(15)12-6-4-3-5-11(12)18/h3-7H,8H2,1-2H3,(H,22,23,26). The molecule has 0 radical (unpaired) electrons. The fourth-order valence-electron chi connectivity index (χ4n) is 2.22. The van der Waals surface area contributed by atoms with Crippen LogP contribution in [0.5, 0.6) is 5.88 Å². The Balaban J connectivity index is 1.81. The molecule has 148 valence electrons. The van der Waals surface area contributed by atoms with E-state index in [1.165, 1.54) is 23.5 Å². The molecule has 28 heavy (non-hydrogen) atoms. The van der Waals surface area contributed by atoms with Crippen molar-refractivity contribution in [2.24, 2.45) is 0 Å². The SMILES string of the molecule is Cc1nc(NC(=O)COc2cc(C(F)(F)F)nn2-c2ccccc2Cl)sc1C. The number of hydrogen-bond acceptors (Lipinski definition) is 5. The second kappa shape index (κ2) is 7.80. The Morgan fingerprint density at radius 2 is 2.04 bits per heavy atom. The summed E-state index contributed by atoms with van der Waals surface area (Å²) < 4.78 is 45.4. The molecule has 2 heterocycles. The summed E-state index contributed by atoms with van der Waals surface area (Å²) in [4.78, 5) is 17.2. The number of ether oxygens (including phenoxy) is 1. The first-order valence-corrected chi connectivity index (χ1v) is 9.13. The van der Waals surface area contributed by atoms with Crippen molar-refractivity contribution >= 4 is 34.0 Å². The van der Waals surface area contributed by atoms with Gasteiger partial charge in [0, 0.05) is 10.9 Å². The molecule has 11 heteroatoms. The maximum atomic E-state index is 13.1. The van der Waals surface area contributed by atoms with Gasteiger partial charge in [0.2, 0.25) is 5.88 Å². The summed E-state index contributed by atoms with van der Waals surface area (Å²) in [6, 6.07) is 6.94. The molecule has 0 saturated heterocycles. The summed E-state index contributed by atoms with van der Waals surface area (Å²) in [5.74, 6) is -0.823. The van der Waals surface area contributed by atoms with Gasteiger partial charge in [-0.3, -0.25) is 10.1 Å². The van der Waals surface area contributed by atoms with Crippen LogP contribution in [0.1, 0.15) is 16.3 Å². The van der Waals surface area contributed by atoms with E-state index in [2.05, 4.69) is 15.4 Å². The Hall–Kier alpha value is -2.59. The van der Waals surface area contributed by atoms with Gasteiger partial charge in [-0.2, -0.15) is 23.0 Å². The van der Waals surface area contributed by atoms with Crippen LogP contribution in [0.3, 0.4) is 0 Å². The highest BCUT2D eigenvalue weighted by Gasteiger charge is 2.36. The molecule has 2 aromatic heterocycles. The number of aromatic nitrogens is 3. The third kappa shape index (κ3) is 4.45. The second-order valence-electron chi connectivity index (χ2n) is 5.73. The molecule has 0 aliphatic rings. The second-order valence-corrected chi connectivity index (χ2v) is 7.34. The van der Waals surface area contributed by atoms with E-state index in [-0.39, 0.29) is 16.6 Å². The van der Waals surface area contributed by atoms with E-state index < -0.39 is 24.4 Å². The van der Waals surface area contributed by atoms with E-state index in [1.807, 2.05) is 6.92 Å². The van der Waals surface area contributed by atoms with Crippen LogP contribution in [-0.4, -0.2) is 27.3 Å². The zero-order chi connectivity index (χ0) is 20.5. The fourth-order valence-corrected chi connectivity index (χ4v) is 3.27. The average molecular weight is 431 g/mol. The summed E-state index contributed by atoms with van der Waals surface area (Å²) in [7, 11) is 0. The average Bonchev–Trinajstić information content (AvgIpc) is 3.17. The zero-order valence-corrected chi connectivity index (χ0v) is 16.2. The molecule has 0 fully saturated rings. The molecular formula is C17H14ClF3N4O2S. The van der Waals surface area contributed by atoms with Crippen LogP contribution in [-0.2, 0) is 11.0 Å². The van der Waals surface area contributed by atoms with Crippen LogP contribution >= 0.6 is 22.9 Å². The number of hydrogen-bond donors (Lipinski definition) is 1. The number of amides is 1. The lowest BCUT2D eigenvalue weighted by molar-refractivity contribution is -0.141. The molecule has 0 bridgehead atoms. The smallest absolute Gasteiger partial charge is 0.435 e. The molecule has 3 rings (SSSR count). The summed E-state index contributed by atoms with van der Waals surface area (Å²) in [5, 5.41) is 6.65. The van der Waals surface area contributed by atoms with Crippen LogP contribution in [0, 0.1) is 13.8 Å². The van der Waals surface area contributed by atoms with Gasteiger partial charge in [0.15, 0.2) is 17.4 Å². The first-order chi connectivity index (χ1) is 13.1. The van der Waals surface area contributed by atoms with Gasteiger partial charge in [-0.1, -0.05) is 23.7 Å². The van der Waals surface area contributed by atoms with E-state index in [1.54, 1.807) is 19.1 Å². The van der Waals surface area contributed by atoms with Gasteiger partial charge in [-0.05, 0) is 26.0 Å². The number of nitrogens with zero attached hydrogens (tertiary/aromatic N) is 3. The molecule has 0 aliphatic carbocycles. The monoisotopic (exact) mass is 430 g/mol. The van der Waals surface area contributed by atoms with Crippen LogP contribution < -0.4 is 10.1 Å². The Kier molecular flexibility index (Phi) is 5.61. The van der Waals surface area contributed by atoms with Gasteiger partial charge in [0.05, 0.1) is 16.4 Å². The number of nitrogens with one attached hydrogen (secondary N) is 1. The Morgan fingerprint density at radius 1 is 1.32 bits per heavy atom. The van der Waals surface area contributed by atoms with E-state index >= 15 is 0 Å². The van der Waals surface area contributed by atoms with Crippen LogP contribution in [0.4, 0.5) is 18.3 Å². The topological polar surface area (TPSA) is 69.0 Å². The Morgan fingerprint density at radius 3 is 2.64 bits per heavy atom. The molecular weight excluding hydrogens is 417 g/mol. The molecule has 0 saturated carbocycles. The first kappa shape index (κ1) is 20.2. The zero-order valence-electron chi connectivity index (χ0n) is 14.7. The predicted molar refractivity (Wildman–Crippen MR) is 99.3 cm³/mol. The quantitative estimate of drug-likeness (QED) is 0.640. The van der Waals surface area contributed by atoms with E-state index in [0.29, 0.717) is 11.2 Å². The number of rotatable bonds is 5. The van der Waals surface area contributed by atoms with Crippen LogP contribution in [0.2, 0.25) is 5.02 Å². The third-order valence-electron chi connectivity index (χ3n) is 3.67. The molecule has 6 nitrogen and oxygen atoms in total. The molecule has 0 aliphatic heterocycles. The molecule has 1 N–H and O–H groups in total. The number of aryl methyl sites for hydroxylation is 2. The van der Waals surface area contributed by atoms with Gasteiger partial charge in [0.1, 0.15) is 0 Å². The van der Waals surface area contributed by atoms with Gasteiger partial charge in [-0.25, -0.2) is 4.98 Å². The van der Waals surface area contributed by atoms with Crippen molar-refractivity contribution in [3.8, 4) is 11.6 Å². The Labute approximate surface area is 166 Å². The number of thiazole rings is 1. The number of halogens is 4. The molecule has 3 aromatic rings. The number of alkyl halides is 3. The normalized spacial score (nSPS) is 11.5. The van der Waals surface area contributed by atoms with Crippen molar-refractivity contribution in [3.05, 3.63) is 51.6 Å². The van der Waals surface area contributed by atoms with Crippen molar-refractivity contribution < 1.29 is 22.7 Å². The highest BCUT2D eigenvalue weighted by Crippen LogP contribution is 2.33. The molecule has 0 atom stereocenters. The lowest BCUT2D eigenvalue weighted by Crippen LogP contribution is -2.21. The number of benzene rings is 1. The Bertz CT molecular complexity index is 997. The molecule has 0 spiro atoms. The number of para-hydroxylation sites is 1. The van der Waals surface area contributed by atoms with Gasteiger partial charge in [0.25, 0.3) is 5.91 Å². The molecule has 0 unspecified atom stereocenters. The summed E-state index contributed by atoms with van der Waals surface area (Å²) in [5.41, 5.74) is -0.178. The largest absolute Gasteiger partial charge is 0.467 e. The summed E-state index contributed by atoms with van der Waals surface area (Å²) in [6.07, 6.45) is -4.68. The highest BCUT2D eigenvalue weighted by molar-refractivity contribution is 7.15. The van der Waals surface area contributed by atoms with Crippen LogP contribution in [0.25, 0.3) is 5.69 Å². The maximum absolute atomic E-state index is 13.1. The summed E-state index contributed by atoms with van der Waals surface area (Å²) in [6.45, 7) is 3.14. The van der Waals surface area contributed by atoms with E-state index in [0.717, 1.165) is 15.3 Å². The van der Waals surface area contributed by atoms with Gasteiger partial charge in [-0.15, -0.1) is 11.3 Å². The lowest BCUT2D eigenvalue weighted by Gasteiger charge is -2.10. The van der Waals surface area contributed by atoms with Crippen molar-refractivity contribution in [2.75, 3.05) is 11.9 Å². The molecule has 1 amide bonds. The highest BCUT2D eigenvalue weighted by atomic mass is 35.5. The summed E-state index contributed by atoms with van der Waals surface area (Å²) >= 11 is 7.35. The minimum atomic E-state index is -4.68. The van der Waals surface area contributed by atoms with Crippen molar-refractivity contribution in [3.63, 3.8) is 0 Å². The van der Waals surface area contributed by atoms with Crippen molar-refractivity contribution in [1.82, 2.24) is 14.8 Å². The predicted octanol–water partition coefficient (Wildman–Crippen LogP) is 4.64. The first-order valence-electron chi connectivity index (χ1n) is 7.94. The van der Waals surface area contributed by atoms with Crippen LogP contribution in [0.15, 0.2) is 30.3 Å². The maximum Gasteiger partial charge on any atom is 0.435 e. The van der Waals surface area contributed by atoms with Crippen molar-refractivity contribution in [1.29, 1.82) is 0 Å². The van der Waals surface area contributed by atoms with E-state index in [4.69, 9.17) is 16.3 Å². The number of anilines is 1. The lowest BCUT2D eigenvalue weighted by atomic mass is 10.3. The number of carbonyl (C=O) groups excluding carboxylic acids is 1. The fraction of sp³-hybridized carbons (Fsp3) is 0.235. The van der Waals surface area contributed by atoms with Crippen molar-refractivity contribution in [2.45, 2.75) is 20.0 Å². The minimum absolute atomic E-state index is 0.183. The number of carbonyl (C=O) groups is 1. The third-order valence-corrected chi connectivity index (χ3v) is 4.98. The van der Waals surface area contributed by atoms with Gasteiger partial charge < -0.3 is 4.74 Å². The molecule has 1 aromatic carbocycles. The van der Waals surface area contributed by atoms with Gasteiger partial charge >= 0.3 is 6.18 Å². The minimum Gasteiger partial charge on any atom is -0.467 e.